The van der Waals surface area contributed by atoms with Crippen LogP contribution in [-0.2, 0) is 0 Å². The number of nitrogens with zero attached hydrogens (tertiary/aromatic N) is 1. The molecule has 4 heteroatoms. The number of benzene rings is 4. The van der Waals surface area contributed by atoms with Gasteiger partial charge in [-0.15, -0.1) is 0 Å². The molecule has 5 aromatic rings. The lowest BCUT2D eigenvalue weighted by Crippen LogP contribution is -2.40. The minimum absolute atomic E-state index is 0.675. The highest BCUT2D eigenvalue weighted by Crippen LogP contribution is 2.56. The topological polar surface area (TPSA) is 26.0 Å². The summed E-state index contributed by atoms with van der Waals surface area (Å²) < 4.78 is 6.49. The van der Waals surface area contributed by atoms with Gasteiger partial charge >= 0.3 is 0 Å². The summed E-state index contributed by atoms with van der Waals surface area (Å²) in [5.41, 5.74) is 2.03. The molecule has 0 saturated carbocycles. The normalized spacial score (nSPS) is 11.4. The van der Waals surface area contributed by atoms with E-state index in [4.69, 9.17) is 9.40 Å². The van der Waals surface area contributed by atoms with Crippen molar-refractivity contribution in [2.45, 2.75) is 12.0 Å². The first-order valence-corrected chi connectivity index (χ1v) is 13.9. The van der Waals surface area contributed by atoms with E-state index in [1.165, 1.54) is 15.9 Å². The zero-order valence-corrected chi connectivity index (χ0v) is 20.2. The molecule has 2 nitrogen and oxygen atoms in total. The van der Waals surface area contributed by atoms with Gasteiger partial charge in [-0.1, -0.05) is 91.5 Å². The zero-order valence-electron chi connectivity index (χ0n) is 18.5. The third kappa shape index (κ3) is 4.04. The first-order valence-electron chi connectivity index (χ1n) is 11.1. The largest absolute Gasteiger partial charge is 0.425 e. The molecular weight excluding hydrogens is 441 g/mol. The van der Waals surface area contributed by atoms with Gasteiger partial charge in [0.05, 0.1) is 0 Å². The van der Waals surface area contributed by atoms with Gasteiger partial charge in [-0.25, -0.2) is 0 Å². The Hall–Kier alpha value is -3.13. The van der Waals surface area contributed by atoms with E-state index in [1.54, 1.807) is 11.8 Å². The molecule has 1 aromatic heterocycles. The molecule has 0 N–H and O–H groups in total. The van der Waals surface area contributed by atoms with Gasteiger partial charge in [-0.05, 0) is 54.3 Å². The van der Waals surface area contributed by atoms with Crippen LogP contribution in [0.1, 0.15) is 6.92 Å². The molecule has 162 valence electrons. The maximum Gasteiger partial charge on any atom is 0.251 e. The van der Waals surface area contributed by atoms with Crippen molar-refractivity contribution in [3.8, 4) is 11.5 Å². The van der Waals surface area contributed by atoms with Crippen molar-refractivity contribution in [1.82, 2.24) is 4.98 Å². The van der Waals surface area contributed by atoms with Crippen LogP contribution >= 0.6 is 19.0 Å². The lowest BCUT2D eigenvalue weighted by atomic mass is 10.2. The molecular formula is C29H25NOPS+. The van der Waals surface area contributed by atoms with Gasteiger partial charge in [0.15, 0.2) is 7.26 Å². The second-order valence-corrected chi connectivity index (χ2v) is 12.2. The highest BCUT2D eigenvalue weighted by atomic mass is 32.2. The fraction of sp³-hybridized carbons (Fsp3) is 0.0690. The molecule has 0 unspecified atom stereocenters. The van der Waals surface area contributed by atoms with Crippen molar-refractivity contribution in [1.29, 1.82) is 0 Å². The molecule has 0 aliphatic rings. The average molecular weight is 467 g/mol. The van der Waals surface area contributed by atoms with Crippen molar-refractivity contribution in [3.63, 3.8) is 0 Å². The van der Waals surface area contributed by atoms with Crippen molar-refractivity contribution >= 4 is 40.4 Å². The van der Waals surface area contributed by atoms with E-state index in [-0.39, 0.29) is 0 Å². The van der Waals surface area contributed by atoms with Gasteiger partial charge in [-0.3, -0.25) is 0 Å². The Morgan fingerprint density at radius 3 is 1.48 bits per heavy atom. The molecule has 0 atom stereocenters. The van der Waals surface area contributed by atoms with Crippen molar-refractivity contribution < 1.29 is 4.42 Å². The Labute approximate surface area is 200 Å². The van der Waals surface area contributed by atoms with Crippen LogP contribution in [0, 0.1) is 0 Å². The summed E-state index contributed by atoms with van der Waals surface area (Å²) in [5, 5.41) is 4.72. The highest BCUT2D eigenvalue weighted by molar-refractivity contribution is 8.04. The number of aromatic nitrogens is 1. The molecule has 0 radical (unpaired) electrons. The predicted octanol–water partition coefficient (Wildman–Crippen LogP) is 6.07. The molecule has 0 amide bonds. The summed E-state index contributed by atoms with van der Waals surface area (Å²) in [4.78, 5) is 5.26. The van der Waals surface area contributed by atoms with Gasteiger partial charge < -0.3 is 4.42 Å². The summed E-state index contributed by atoms with van der Waals surface area (Å²) in [5.74, 6) is 1.59. The SMILES string of the molecule is CCSc1oc(-c2ccccc2)nc1[P+](c1ccccc1)(c1ccccc1)c1ccccc1. The van der Waals surface area contributed by atoms with Crippen LogP contribution in [0.2, 0.25) is 0 Å². The number of oxazole rings is 1. The quantitative estimate of drug-likeness (QED) is 0.215. The van der Waals surface area contributed by atoms with E-state index >= 15 is 0 Å². The second kappa shape index (κ2) is 9.79. The third-order valence-corrected chi connectivity index (χ3v) is 10.8. The third-order valence-electron chi connectivity index (χ3n) is 5.62. The van der Waals surface area contributed by atoms with Gasteiger partial charge in [0.2, 0.25) is 11.0 Å². The number of thioether (sulfide) groups is 1. The Morgan fingerprint density at radius 1 is 0.636 bits per heavy atom. The summed E-state index contributed by atoms with van der Waals surface area (Å²) in [7, 11) is -2.30. The number of rotatable bonds is 7. The molecule has 0 fully saturated rings. The van der Waals surface area contributed by atoms with Crippen molar-refractivity contribution in [3.05, 3.63) is 121 Å². The standard InChI is InChI=1S/C29H25NOPS/c1-2-33-29-28(30-27(31-29)23-15-7-3-8-16-23)32(24-17-9-4-10-18-24,25-19-11-5-12-20-25)26-21-13-6-14-22-26/h3-22H,2H2,1H3/q+1. The van der Waals surface area contributed by atoms with E-state index in [2.05, 4.69) is 110 Å². The highest BCUT2D eigenvalue weighted by Gasteiger charge is 2.52. The first kappa shape index (κ1) is 21.7. The Bertz CT molecular complexity index is 1210. The van der Waals surface area contributed by atoms with Gasteiger partial charge in [0, 0.05) is 5.56 Å². The van der Waals surface area contributed by atoms with E-state index < -0.39 is 7.26 Å². The molecule has 5 rings (SSSR count). The van der Waals surface area contributed by atoms with E-state index in [0.29, 0.717) is 5.89 Å². The molecule has 4 aromatic carbocycles. The minimum atomic E-state index is -2.30. The fourth-order valence-corrected chi connectivity index (χ4v) is 9.43. The van der Waals surface area contributed by atoms with Crippen LogP contribution in [0.3, 0.4) is 0 Å². The Kier molecular flexibility index (Phi) is 6.44. The van der Waals surface area contributed by atoms with Gasteiger partial charge in [0.1, 0.15) is 15.9 Å². The summed E-state index contributed by atoms with van der Waals surface area (Å²) in [6, 6.07) is 42.6. The molecule has 0 spiro atoms. The van der Waals surface area contributed by atoms with Crippen LogP contribution in [0.5, 0.6) is 0 Å². The molecule has 0 saturated heterocycles. The lowest BCUT2D eigenvalue weighted by molar-refractivity contribution is 0.487. The van der Waals surface area contributed by atoms with Crippen molar-refractivity contribution in [2.75, 3.05) is 5.75 Å². The smallest absolute Gasteiger partial charge is 0.251 e. The van der Waals surface area contributed by atoms with E-state index in [9.17, 15) is 0 Å². The minimum Gasteiger partial charge on any atom is -0.425 e. The zero-order chi connectivity index (χ0) is 22.5. The van der Waals surface area contributed by atoms with Crippen LogP contribution in [0.15, 0.2) is 131 Å². The monoisotopic (exact) mass is 466 g/mol. The van der Waals surface area contributed by atoms with E-state index in [0.717, 1.165) is 21.8 Å². The molecule has 33 heavy (non-hydrogen) atoms. The maximum atomic E-state index is 6.49. The van der Waals surface area contributed by atoms with Crippen LogP contribution in [0.25, 0.3) is 11.5 Å². The average Bonchev–Trinajstić information content (AvgIpc) is 3.31. The fourth-order valence-electron chi connectivity index (χ4n) is 4.21. The van der Waals surface area contributed by atoms with Crippen LogP contribution in [0.4, 0.5) is 0 Å². The van der Waals surface area contributed by atoms with Crippen molar-refractivity contribution in [2.24, 2.45) is 0 Å². The Balaban J connectivity index is 1.89. The van der Waals surface area contributed by atoms with Gasteiger partial charge in [-0.2, -0.15) is 4.98 Å². The number of hydrogen-bond acceptors (Lipinski definition) is 3. The molecule has 0 aliphatic carbocycles. The summed E-state index contributed by atoms with van der Waals surface area (Å²) >= 11 is 1.73. The van der Waals surface area contributed by atoms with Crippen LogP contribution in [-0.4, -0.2) is 10.7 Å². The van der Waals surface area contributed by atoms with Crippen LogP contribution < -0.4 is 21.3 Å². The Morgan fingerprint density at radius 2 is 1.06 bits per heavy atom. The van der Waals surface area contributed by atoms with Gasteiger partial charge in [0.25, 0.3) is 5.44 Å². The second-order valence-electron chi connectivity index (χ2n) is 7.61. The molecule has 1 heterocycles. The number of hydrogen-bond donors (Lipinski definition) is 0. The molecule has 0 bridgehead atoms. The van der Waals surface area contributed by atoms with E-state index in [1.807, 2.05) is 18.2 Å². The maximum absolute atomic E-state index is 6.49. The first-order chi connectivity index (χ1) is 16.3. The summed E-state index contributed by atoms with van der Waals surface area (Å²) in [6.45, 7) is 2.16. The molecule has 0 aliphatic heterocycles. The summed E-state index contributed by atoms with van der Waals surface area (Å²) in [6.07, 6.45) is 0. The lowest BCUT2D eigenvalue weighted by Gasteiger charge is -2.25. The predicted molar refractivity (Wildman–Crippen MR) is 143 cm³/mol.